The van der Waals surface area contributed by atoms with E-state index in [1.54, 1.807) is 16.2 Å². The van der Waals surface area contributed by atoms with Crippen LogP contribution in [0.4, 0.5) is 9.59 Å². The highest BCUT2D eigenvalue weighted by Gasteiger charge is 2.39. The molecular weight excluding hydrogens is 745 g/mol. The third kappa shape index (κ3) is 8.29. The van der Waals surface area contributed by atoms with Crippen LogP contribution in [0.1, 0.15) is 70.8 Å². The summed E-state index contributed by atoms with van der Waals surface area (Å²) in [5.41, 5.74) is 4.83. The van der Waals surface area contributed by atoms with Crippen molar-refractivity contribution < 1.29 is 28.7 Å². The molecule has 0 saturated carbocycles. The minimum absolute atomic E-state index is 0.104. The van der Waals surface area contributed by atoms with E-state index in [0.717, 1.165) is 74.6 Å². The van der Waals surface area contributed by atoms with E-state index in [1.807, 2.05) is 38.8 Å². The van der Waals surface area contributed by atoms with Gasteiger partial charge in [-0.05, 0) is 71.7 Å². The number of aromatic nitrogens is 2. The first-order chi connectivity index (χ1) is 27.4. The second kappa shape index (κ2) is 16.9. The minimum Gasteiger partial charge on any atom is -0.453 e. The highest BCUT2D eigenvalue weighted by molar-refractivity contribution is 7.22. The van der Waals surface area contributed by atoms with Crippen molar-refractivity contribution in [1.29, 1.82) is 0 Å². The molecule has 14 nitrogen and oxygen atoms in total. The summed E-state index contributed by atoms with van der Waals surface area (Å²) in [7, 11) is 2.58. The Kier molecular flexibility index (Phi) is 11.7. The number of imidazole rings is 1. The maximum atomic E-state index is 13.6. The van der Waals surface area contributed by atoms with Crippen molar-refractivity contribution in [3.8, 4) is 21.7 Å². The number of likely N-dealkylation sites (tertiary alicyclic amines) is 2. The summed E-state index contributed by atoms with van der Waals surface area (Å²) in [6.07, 6.45) is 3.82. The first kappa shape index (κ1) is 39.7. The van der Waals surface area contributed by atoms with Gasteiger partial charge in [0.05, 0.1) is 50.5 Å². The van der Waals surface area contributed by atoms with E-state index < -0.39 is 24.3 Å². The van der Waals surface area contributed by atoms with E-state index in [1.165, 1.54) is 14.2 Å². The summed E-state index contributed by atoms with van der Waals surface area (Å²) in [4.78, 5) is 73.7. The second-order valence-electron chi connectivity index (χ2n) is 15.5. The summed E-state index contributed by atoms with van der Waals surface area (Å²) in [6, 6.07) is 15.1. The number of H-pyrrole nitrogens is 1. The van der Waals surface area contributed by atoms with Gasteiger partial charge in [0.25, 0.3) is 0 Å². The van der Waals surface area contributed by atoms with Gasteiger partial charge in [-0.15, -0.1) is 11.3 Å². The molecule has 2 aromatic heterocycles. The van der Waals surface area contributed by atoms with Gasteiger partial charge in [0.2, 0.25) is 11.8 Å². The van der Waals surface area contributed by atoms with Gasteiger partial charge in [-0.25, -0.2) is 19.6 Å². The van der Waals surface area contributed by atoms with Crippen molar-refractivity contribution in [1.82, 2.24) is 30.4 Å². The number of benzene rings is 2. The van der Waals surface area contributed by atoms with Crippen LogP contribution in [0, 0.1) is 11.8 Å². The van der Waals surface area contributed by atoms with Gasteiger partial charge in [0.15, 0.2) is 0 Å². The third-order valence-corrected chi connectivity index (χ3v) is 12.2. The number of hydrogen-bond donors (Lipinski definition) is 3. The fraction of sp³-hybridized carbons (Fsp3) is 0.452. The van der Waals surface area contributed by atoms with Gasteiger partial charge in [-0.1, -0.05) is 64.1 Å². The summed E-state index contributed by atoms with van der Waals surface area (Å²) in [5, 5.41) is 6.54. The Morgan fingerprint density at radius 2 is 1.37 bits per heavy atom. The molecule has 2 saturated heterocycles. The van der Waals surface area contributed by atoms with Crippen LogP contribution in [0.3, 0.4) is 0 Å². The molecule has 57 heavy (non-hydrogen) atoms. The van der Waals surface area contributed by atoms with Crippen LogP contribution in [0.5, 0.6) is 0 Å². The number of fused-ring (bicyclic) bond motifs is 1. The maximum Gasteiger partial charge on any atom is 0.407 e. The maximum absolute atomic E-state index is 13.6. The number of carbonyl (C=O) groups excluding carboxylic acids is 4. The number of amides is 4. The van der Waals surface area contributed by atoms with Crippen molar-refractivity contribution in [2.45, 2.75) is 77.5 Å². The molecule has 15 heteroatoms. The summed E-state index contributed by atoms with van der Waals surface area (Å²) < 4.78 is 10.7. The van der Waals surface area contributed by atoms with Gasteiger partial charge < -0.3 is 34.9 Å². The number of aliphatic imine (C=N–C) groups is 2. The van der Waals surface area contributed by atoms with Crippen molar-refractivity contribution in [3.05, 3.63) is 66.1 Å². The average molecular weight is 795 g/mol. The molecule has 0 bridgehead atoms. The van der Waals surface area contributed by atoms with Crippen molar-refractivity contribution in [3.63, 3.8) is 0 Å². The van der Waals surface area contributed by atoms with Gasteiger partial charge in [-0.2, -0.15) is 0 Å². The third-order valence-electron chi connectivity index (χ3n) is 11.0. The molecule has 4 aromatic rings. The largest absolute Gasteiger partial charge is 0.453 e. The van der Waals surface area contributed by atoms with E-state index in [-0.39, 0.29) is 35.7 Å². The fourth-order valence-electron chi connectivity index (χ4n) is 7.89. The quantitative estimate of drug-likeness (QED) is 0.154. The molecule has 0 radical (unpaired) electrons. The lowest BCUT2D eigenvalue weighted by molar-refractivity contribution is -0.135. The molecule has 2 aromatic carbocycles. The standard InChI is InChI=1S/C42H50N8O6S/c1-23(2)35(47-41(53)55-5)39(51)49-17-7-9-31(49)37-43-21-29(45-37)25-11-13-26(14-12-25)33-20-28-16-15-27(19-34(28)57-33)30-22-44-38(46-30)32-10-8-18-50(32)40(52)36(24(3)4)48-42(54)56-6/h11-16,19-21,23-24,31-32,35-36H,7-10,17-18,22H2,1-6H3,(H,43,45)(H,47,53)(H,48,54). The highest BCUT2D eigenvalue weighted by atomic mass is 32.1. The first-order valence-corrected chi connectivity index (χ1v) is 20.4. The number of hydrogen-bond acceptors (Lipinski definition) is 10. The van der Waals surface area contributed by atoms with Crippen LogP contribution in [0.25, 0.3) is 31.8 Å². The smallest absolute Gasteiger partial charge is 0.407 e. The Bertz CT molecular complexity index is 2210. The minimum atomic E-state index is -0.692. The van der Waals surface area contributed by atoms with Gasteiger partial charge in [-0.3, -0.25) is 14.6 Å². The number of rotatable bonds is 11. The molecule has 2 fully saturated rings. The SMILES string of the molecule is COC(=O)NC(C(=O)N1CCCC1C1=NCC(c2ccc3cc(-c4ccc(-c5cnc(C6CCCN6C(=O)C(NC(=O)OC)C(C)C)[nH]5)cc4)sc3c2)=N1)C(C)C. The molecule has 300 valence electrons. The van der Waals surface area contributed by atoms with Crippen LogP contribution in [0.15, 0.2) is 64.7 Å². The molecule has 7 rings (SSSR count). The molecule has 0 aliphatic carbocycles. The monoisotopic (exact) mass is 794 g/mol. The summed E-state index contributed by atoms with van der Waals surface area (Å²) in [5.74, 6) is 0.898. The van der Waals surface area contributed by atoms with Crippen LogP contribution in [-0.4, -0.2) is 107 Å². The highest BCUT2D eigenvalue weighted by Crippen LogP contribution is 2.37. The molecule has 4 amide bonds. The van der Waals surface area contributed by atoms with Crippen LogP contribution in [-0.2, 0) is 19.1 Å². The van der Waals surface area contributed by atoms with Crippen molar-refractivity contribution in [2.75, 3.05) is 33.9 Å². The number of alkyl carbamates (subject to hydrolysis) is 2. The summed E-state index contributed by atoms with van der Waals surface area (Å²) in [6.45, 7) is 9.24. The number of nitrogens with zero attached hydrogens (tertiary/aromatic N) is 5. The Labute approximate surface area is 336 Å². The molecule has 4 unspecified atom stereocenters. The number of nitrogens with one attached hydrogen (secondary N) is 3. The van der Waals surface area contributed by atoms with Gasteiger partial charge in [0, 0.05) is 22.7 Å². The Hall–Kier alpha value is -5.57. The van der Waals surface area contributed by atoms with E-state index in [0.29, 0.717) is 25.5 Å². The van der Waals surface area contributed by atoms with Gasteiger partial charge in [0.1, 0.15) is 23.7 Å². The molecule has 3 aliphatic rings. The van der Waals surface area contributed by atoms with Crippen molar-refractivity contribution in [2.24, 2.45) is 21.8 Å². The normalized spacial score (nSPS) is 19.2. The Morgan fingerprint density at radius 3 is 1.98 bits per heavy atom. The molecule has 3 N–H and O–H groups in total. The predicted octanol–water partition coefficient (Wildman–Crippen LogP) is 6.58. The van der Waals surface area contributed by atoms with E-state index >= 15 is 0 Å². The predicted molar refractivity (Wildman–Crippen MR) is 220 cm³/mol. The van der Waals surface area contributed by atoms with Crippen molar-refractivity contribution >= 4 is 57.0 Å². The zero-order valence-corrected chi connectivity index (χ0v) is 34.0. The number of aromatic amines is 1. The molecule has 0 spiro atoms. The summed E-state index contributed by atoms with van der Waals surface area (Å²) >= 11 is 1.72. The van der Waals surface area contributed by atoms with E-state index in [9.17, 15) is 19.2 Å². The average Bonchev–Trinajstić information content (AvgIpc) is 4.06. The Balaban J connectivity index is 1.02. The number of methoxy groups -OCH3 is 2. The molecule has 4 atom stereocenters. The zero-order chi connectivity index (χ0) is 40.4. The zero-order valence-electron chi connectivity index (χ0n) is 33.2. The molecule has 3 aliphatic heterocycles. The second-order valence-corrected chi connectivity index (χ2v) is 16.5. The van der Waals surface area contributed by atoms with Crippen LogP contribution >= 0.6 is 11.3 Å². The first-order valence-electron chi connectivity index (χ1n) is 19.6. The lowest BCUT2D eigenvalue weighted by atomic mass is 10.0. The lowest BCUT2D eigenvalue weighted by Gasteiger charge is -2.30. The van der Waals surface area contributed by atoms with Crippen LogP contribution < -0.4 is 10.6 Å². The number of carbonyl (C=O) groups is 4. The van der Waals surface area contributed by atoms with Gasteiger partial charge >= 0.3 is 12.2 Å². The molecular formula is C42H50N8O6S. The lowest BCUT2D eigenvalue weighted by Crippen LogP contribution is -2.53. The number of ether oxygens (including phenoxy) is 2. The number of amidine groups is 1. The Morgan fingerprint density at radius 1 is 0.789 bits per heavy atom. The number of thiophene rings is 1. The van der Waals surface area contributed by atoms with E-state index in [4.69, 9.17) is 19.5 Å². The van der Waals surface area contributed by atoms with Crippen LogP contribution in [0.2, 0.25) is 0 Å². The topological polar surface area (TPSA) is 171 Å². The fourth-order valence-corrected chi connectivity index (χ4v) is 9.00. The van der Waals surface area contributed by atoms with E-state index in [2.05, 4.69) is 69.1 Å². The molecule has 5 heterocycles.